The van der Waals surface area contributed by atoms with Crippen LogP contribution in [0.2, 0.25) is 0 Å². The van der Waals surface area contributed by atoms with Crippen LogP contribution in [-0.2, 0) is 4.74 Å². The van der Waals surface area contributed by atoms with Crippen LogP contribution >= 0.6 is 11.3 Å². The molecule has 1 spiro atoms. The van der Waals surface area contributed by atoms with Crippen molar-refractivity contribution in [3.8, 4) is 5.88 Å². The molecular formula is C21H23N3O5S. The highest BCUT2D eigenvalue weighted by Gasteiger charge is 2.63. The molecule has 0 aromatic carbocycles. The minimum absolute atomic E-state index is 0.0112. The molecule has 0 saturated carbocycles. The summed E-state index contributed by atoms with van der Waals surface area (Å²) < 4.78 is 11.4. The molecule has 2 bridgehead atoms. The fraction of sp³-hybridized carbons (Fsp3) is 0.476. The van der Waals surface area contributed by atoms with Crippen molar-refractivity contribution in [3.63, 3.8) is 0 Å². The number of amides is 2. The van der Waals surface area contributed by atoms with Crippen LogP contribution in [0.4, 0.5) is 0 Å². The number of nitrogens with zero attached hydrogens (tertiary/aromatic N) is 3. The second-order valence-electron chi connectivity index (χ2n) is 8.15. The van der Waals surface area contributed by atoms with E-state index in [1.165, 1.54) is 24.6 Å². The average molecular weight is 429 g/mol. The zero-order valence-corrected chi connectivity index (χ0v) is 17.4. The van der Waals surface area contributed by atoms with Crippen LogP contribution in [0.5, 0.6) is 5.88 Å². The van der Waals surface area contributed by atoms with Gasteiger partial charge in [0, 0.05) is 49.2 Å². The van der Waals surface area contributed by atoms with Crippen LogP contribution in [0.25, 0.3) is 0 Å². The number of ether oxygens (including phenoxy) is 2. The van der Waals surface area contributed by atoms with E-state index >= 15 is 0 Å². The zero-order chi connectivity index (χ0) is 20.9. The van der Waals surface area contributed by atoms with Crippen LogP contribution in [0.15, 0.2) is 35.2 Å². The summed E-state index contributed by atoms with van der Waals surface area (Å²) in [5.41, 5.74) is 0.508. The summed E-state index contributed by atoms with van der Waals surface area (Å²) in [6.45, 7) is 1.75. The van der Waals surface area contributed by atoms with Crippen LogP contribution in [0, 0.1) is 11.8 Å². The van der Waals surface area contributed by atoms with Gasteiger partial charge in [-0.2, -0.15) is 11.3 Å². The summed E-state index contributed by atoms with van der Waals surface area (Å²) in [4.78, 5) is 33.8. The fourth-order valence-corrected chi connectivity index (χ4v) is 5.75. The molecule has 2 aromatic heterocycles. The summed E-state index contributed by atoms with van der Waals surface area (Å²) >= 11 is 1.49. The minimum atomic E-state index is -0.641. The lowest BCUT2D eigenvalue weighted by Gasteiger charge is -2.40. The van der Waals surface area contributed by atoms with E-state index in [2.05, 4.69) is 4.98 Å². The lowest BCUT2D eigenvalue weighted by Crippen LogP contribution is -2.56. The first kappa shape index (κ1) is 19.5. The number of rotatable bonds is 4. The third-order valence-electron chi connectivity index (χ3n) is 6.54. The molecule has 2 amide bonds. The normalized spacial score (nSPS) is 29.7. The van der Waals surface area contributed by atoms with Gasteiger partial charge in [-0.3, -0.25) is 9.59 Å². The van der Waals surface area contributed by atoms with Gasteiger partial charge in [0.25, 0.3) is 11.8 Å². The predicted molar refractivity (Wildman–Crippen MR) is 109 cm³/mol. The van der Waals surface area contributed by atoms with Gasteiger partial charge < -0.3 is 24.4 Å². The minimum Gasteiger partial charge on any atom is -0.481 e. The van der Waals surface area contributed by atoms with Crippen LogP contribution in [-0.4, -0.2) is 83.3 Å². The van der Waals surface area contributed by atoms with E-state index in [0.717, 1.165) is 0 Å². The Morgan fingerprint density at radius 2 is 2.00 bits per heavy atom. The van der Waals surface area contributed by atoms with Crippen molar-refractivity contribution < 1.29 is 24.2 Å². The highest BCUT2D eigenvalue weighted by Crippen LogP contribution is 2.49. The Balaban J connectivity index is 1.39. The molecule has 158 valence electrons. The Labute approximate surface area is 178 Å². The maximum absolute atomic E-state index is 13.1. The maximum atomic E-state index is 13.1. The molecule has 8 nitrogen and oxygen atoms in total. The van der Waals surface area contributed by atoms with E-state index < -0.39 is 5.60 Å². The number of aliphatic hydroxyl groups excluding tert-OH is 1. The molecule has 0 aliphatic carbocycles. The van der Waals surface area contributed by atoms with Crippen molar-refractivity contribution in [3.05, 3.63) is 46.3 Å². The van der Waals surface area contributed by atoms with Gasteiger partial charge in [-0.05, 0) is 17.5 Å². The van der Waals surface area contributed by atoms with Crippen molar-refractivity contribution >= 4 is 23.2 Å². The number of methoxy groups -OCH3 is 1. The second kappa shape index (κ2) is 7.33. The van der Waals surface area contributed by atoms with Gasteiger partial charge in [0.05, 0.1) is 37.4 Å². The molecule has 3 aliphatic heterocycles. The zero-order valence-electron chi connectivity index (χ0n) is 16.6. The Kier molecular flexibility index (Phi) is 4.76. The number of thiophene rings is 1. The second-order valence-corrected chi connectivity index (χ2v) is 8.93. The molecule has 2 aromatic rings. The topological polar surface area (TPSA) is 92.2 Å². The summed E-state index contributed by atoms with van der Waals surface area (Å²) in [6.07, 6.45) is 1.30. The molecule has 4 atom stereocenters. The number of aliphatic hydroxyl groups is 1. The van der Waals surface area contributed by atoms with Crippen LogP contribution < -0.4 is 4.74 Å². The number of carbonyl (C=O) groups excluding carboxylic acids is 2. The molecule has 9 heteroatoms. The van der Waals surface area contributed by atoms with Gasteiger partial charge in [-0.25, -0.2) is 4.98 Å². The number of pyridine rings is 1. The summed E-state index contributed by atoms with van der Waals surface area (Å²) in [5.74, 6) is 0.183. The first-order valence-corrected chi connectivity index (χ1v) is 10.9. The smallest absolute Gasteiger partial charge is 0.255 e. The van der Waals surface area contributed by atoms with Gasteiger partial charge in [-0.1, -0.05) is 0 Å². The van der Waals surface area contributed by atoms with E-state index in [1.807, 2.05) is 21.7 Å². The molecular weight excluding hydrogens is 406 g/mol. The molecule has 5 rings (SSSR count). The standard InChI is InChI=1S/C21H23N3O5S/c1-28-18-3-2-13(6-22-18)19(26)23-7-16-15(9-25)17-8-24(12-21(16,11-23)29-17)20(27)14-4-5-30-10-14/h2-6,10,15-17,25H,7-9,11-12H2,1H3/t15-,16+,17+,21-/m0/s1. The summed E-state index contributed by atoms with van der Waals surface area (Å²) in [6, 6.07) is 5.18. The molecule has 1 N–H and O–H groups in total. The van der Waals surface area contributed by atoms with E-state index in [9.17, 15) is 14.7 Å². The van der Waals surface area contributed by atoms with Crippen molar-refractivity contribution in [2.45, 2.75) is 11.7 Å². The molecule has 3 saturated heterocycles. The molecule has 0 radical (unpaired) electrons. The number of carbonyl (C=O) groups is 2. The highest BCUT2D eigenvalue weighted by atomic mass is 32.1. The lowest BCUT2D eigenvalue weighted by atomic mass is 9.83. The highest BCUT2D eigenvalue weighted by molar-refractivity contribution is 7.08. The monoisotopic (exact) mass is 429 g/mol. The average Bonchev–Trinajstić information content (AvgIpc) is 3.46. The van der Waals surface area contributed by atoms with E-state index in [1.54, 1.807) is 17.0 Å². The van der Waals surface area contributed by atoms with Crippen molar-refractivity contribution in [1.29, 1.82) is 0 Å². The van der Waals surface area contributed by atoms with E-state index in [0.29, 0.717) is 43.2 Å². The van der Waals surface area contributed by atoms with Crippen molar-refractivity contribution in [1.82, 2.24) is 14.8 Å². The number of morpholine rings is 1. The maximum Gasteiger partial charge on any atom is 0.255 e. The van der Waals surface area contributed by atoms with Gasteiger partial charge >= 0.3 is 0 Å². The summed E-state index contributed by atoms with van der Waals surface area (Å²) in [7, 11) is 1.53. The van der Waals surface area contributed by atoms with E-state index in [-0.39, 0.29) is 36.4 Å². The number of hydrogen-bond acceptors (Lipinski definition) is 7. The molecule has 3 fully saturated rings. The first-order chi connectivity index (χ1) is 14.5. The molecule has 5 heterocycles. The van der Waals surface area contributed by atoms with Gasteiger partial charge in [0.2, 0.25) is 5.88 Å². The quantitative estimate of drug-likeness (QED) is 0.783. The van der Waals surface area contributed by atoms with Crippen LogP contribution in [0.3, 0.4) is 0 Å². The molecule has 3 aliphatic rings. The number of aromatic nitrogens is 1. The fourth-order valence-electron chi connectivity index (χ4n) is 5.12. The Hall–Kier alpha value is -2.49. The largest absolute Gasteiger partial charge is 0.481 e. The van der Waals surface area contributed by atoms with Gasteiger partial charge in [0.1, 0.15) is 5.60 Å². The Morgan fingerprint density at radius 1 is 1.23 bits per heavy atom. The molecule has 30 heavy (non-hydrogen) atoms. The van der Waals surface area contributed by atoms with E-state index in [4.69, 9.17) is 9.47 Å². The number of fused-ring (bicyclic) bond motifs is 1. The number of hydrogen-bond donors (Lipinski definition) is 1. The third-order valence-corrected chi connectivity index (χ3v) is 7.22. The molecule has 0 unspecified atom stereocenters. The number of likely N-dealkylation sites (tertiary alicyclic amines) is 2. The first-order valence-electron chi connectivity index (χ1n) is 9.94. The SMILES string of the molecule is COc1ccc(C(=O)N2C[C@@H]3[C@H](CO)[C@H]4CN(C(=O)c5ccsc5)C[C@]3(C2)O4)cn1. The predicted octanol–water partition coefficient (Wildman–Crippen LogP) is 1.13. The summed E-state index contributed by atoms with van der Waals surface area (Å²) in [5, 5.41) is 13.8. The lowest BCUT2D eigenvalue weighted by molar-refractivity contribution is -0.106. The van der Waals surface area contributed by atoms with Gasteiger partial charge in [-0.15, -0.1) is 0 Å². The van der Waals surface area contributed by atoms with Crippen molar-refractivity contribution in [2.75, 3.05) is 39.9 Å². The van der Waals surface area contributed by atoms with Crippen molar-refractivity contribution in [2.24, 2.45) is 11.8 Å². The van der Waals surface area contributed by atoms with Gasteiger partial charge in [0.15, 0.2) is 0 Å². The Morgan fingerprint density at radius 3 is 2.63 bits per heavy atom. The third kappa shape index (κ3) is 3.00. The van der Waals surface area contributed by atoms with Crippen LogP contribution in [0.1, 0.15) is 20.7 Å². The Bertz CT molecular complexity index is 950.